The SMILES string of the molecule is COCc1cccc(CC(N)CCC(=O)O)c1. The predicted molar refractivity (Wildman–Crippen MR) is 65.7 cm³/mol. The van der Waals surface area contributed by atoms with Crippen LogP contribution in [0.1, 0.15) is 24.0 Å². The van der Waals surface area contributed by atoms with Gasteiger partial charge in [-0.05, 0) is 24.0 Å². The molecule has 0 fully saturated rings. The zero-order chi connectivity index (χ0) is 12.7. The maximum absolute atomic E-state index is 10.4. The number of hydrogen-bond donors (Lipinski definition) is 2. The van der Waals surface area contributed by atoms with Crippen LogP contribution in [-0.2, 0) is 22.6 Å². The molecular weight excluding hydrogens is 218 g/mol. The highest BCUT2D eigenvalue weighted by atomic mass is 16.5. The summed E-state index contributed by atoms with van der Waals surface area (Å²) >= 11 is 0. The third-order valence-corrected chi connectivity index (χ3v) is 2.53. The van der Waals surface area contributed by atoms with E-state index in [1.807, 2.05) is 24.3 Å². The average Bonchev–Trinajstić information content (AvgIpc) is 2.27. The van der Waals surface area contributed by atoms with Crippen molar-refractivity contribution in [2.45, 2.75) is 31.9 Å². The van der Waals surface area contributed by atoms with E-state index in [4.69, 9.17) is 15.6 Å². The summed E-state index contributed by atoms with van der Waals surface area (Å²) in [6, 6.07) is 7.90. The average molecular weight is 237 g/mol. The van der Waals surface area contributed by atoms with E-state index < -0.39 is 5.97 Å². The molecule has 4 nitrogen and oxygen atoms in total. The minimum atomic E-state index is -0.798. The topological polar surface area (TPSA) is 72.5 Å². The lowest BCUT2D eigenvalue weighted by Crippen LogP contribution is -2.23. The minimum absolute atomic E-state index is 0.108. The highest BCUT2D eigenvalue weighted by molar-refractivity contribution is 5.66. The molecule has 0 bridgehead atoms. The van der Waals surface area contributed by atoms with Gasteiger partial charge in [-0.15, -0.1) is 0 Å². The number of methoxy groups -OCH3 is 1. The molecule has 94 valence electrons. The first-order valence-electron chi connectivity index (χ1n) is 5.66. The molecule has 0 aliphatic rings. The van der Waals surface area contributed by atoms with Crippen LogP contribution in [-0.4, -0.2) is 24.2 Å². The van der Waals surface area contributed by atoms with Gasteiger partial charge in [-0.25, -0.2) is 0 Å². The molecule has 3 N–H and O–H groups in total. The fourth-order valence-electron chi connectivity index (χ4n) is 1.73. The van der Waals surface area contributed by atoms with E-state index in [9.17, 15) is 4.79 Å². The fourth-order valence-corrected chi connectivity index (χ4v) is 1.73. The number of hydrogen-bond acceptors (Lipinski definition) is 3. The van der Waals surface area contributed by atoms with Crippen LogP contribution in [0.2, 0.25) is 0 Å². The van der Waals surface area contributed by atoms with Gasteiger partial charge in [-0.1, -0.05) is 24.3 Å². The Kier molecular flexibility index (Phi) is 5.66. The molecule has 0 amide bonds. The lowest BCUT2D eigenvalue weighted by molar-refractivity contribution is -0.137. The molecule has 1 aromatic carbocycles. The molecule has 0 spiro atoms. The molecule has 0 heterocycles. The fraction of sp³-hybridized carbons (Fsp3) is 0.462. The van der Waals surface area contributed by atoms with Gasteiger partial charge in [0.05, 0.1) is 6.61 Å². The van der Waals surface area contributed by atoms with Crippen LogP contribution in [0, 0.1) is 0 Å². The van der Waals surface area contributed by atoms with E-state index in [1.54, 1.807) is 7.11 Å². The Morgan fingerprint density at radius 1 is 1.47 bits per heavy atom. The van der Waals surface area contributed by atoms with Crippen molar-refractivity contribution in [3.8, 4) is 0 Å². The van der Waals surface area contributed by atoms with Crippen molar-refractivity contribution in [3.63, 3.8) is 0 Å². The maximum Gasteiger partial charge on any atom is 0.303 e. The summed E-state index contributed by atoms with van der Waals surface area (Å²) in [5.74, 6) is -0.798. The monoisotopic (exact) mass is 237 g/mol. The Bertz CT molecular complexity index is 365. The van der Waals surface area contributed by atoms with Crippen molar-refractivity contribution in [1.82, 2.24) is 0 Å². The molecule has 4 heteroatoms. The van der Waals surface area contributed by atoms with Gasteiger partial charge in [0, 0.05) is 19.6 Å². The highest BCUT2D eigenvalue weighted by Gasteiger charge is 2.07. The van der Waals surface area contributed by atoms with Crippen molar-refractivity contribution >= 4 is 5.97 Å². The second kappa shape index (κ2) is 7.04. The van der Waals surface area contributed by atoms with Crippen LogP contribution in [0.5, 0.6) is 0 Å². The van der Waals surface area contributed by atoms with E-state index in [0.717, 1.165) is 11.1 Å². The number of carboxylic acid groups (broad SMARTS) is 1. The van der Waals surface area contributed by atoms with Crippen LogP contribution in [0.15, 0.2) is 24.3 Å². The van der Waals surface area contributed by atoms with E-state index >= 15 is 0 Å². The van der Waals surface area contributed by atoms with Crippen molar-refractivity contribution < 1.29 is 14.6 Å². The second-order valence-electron chi connectivity index (χ2n) is 4.15. The number of carbonyl (C=O) groups is 1. The minimum Gasteiger partial charge on any atom is -0.481 e. The van der Waals surface area contributed by atoms with Gasteiger partial charge in [-0.2, -0.15) is 0 Å². The van der Waals surface area contributed by atoms with Gasteiger partial charge >= 0.3 is 5.97 Å². The lowest BCUT2D eigenvalue weighted by atomic mass is 10.0. The van der Waals surface area contributed by atoms with Crippen molar-refractivity contribution in [3.05, 3.63) is 35.4 Å². The number of carboxylic acids is 1. The van der Waals surface area contributed by atoms with Gasteiger partial charge in [0.25, 0.3) is 0 Å². The number of ether oxygens (including phenoxy) is 1. The summed E-state index contributed by atoms with van der Waals surface area (Å²) in [7, 11) is 1.66. The Hall–Kier alpha value is -1.39. The molecule has 1 unspecified atom stereocenters. The molecule has 17 heavy (non-hydrogen) atoms. The summed E-state index contributed by atoms with van der Waals surface area (Å²) in [5, 5.41) is 8.57. The molecular formula is C13H19NO3. The molecule has 0 aliphatic carbocycles. The van der Waals surface area contributed by atoms with E-state index in [1.165, 1.54) is 0 Å². The molecule has 0 aliphatic heterocycles. The van der Waals surface area contributed by atoms with Gasteiger partial charge in [0.15, 0.2) is 0 Å². The van der Waals surface area contributed by atoms with Crippen LogP contribution in [0.3, 0.4) is 0 Å². The summed E-state index contributed by atoms with van der Waals surface area (Å²) < 4.78 is 5.06. The predicted octanol–water partition coefficient (Wildman–Crippen LogP) is 1.57. The quantitative estimate of drug-likeness (QED) is 0.755. The Balaban J connectivity index is 2.49. The summed E-state index contributed by atoms with van der Waals surface area (Å²) in [5.41, 5.74) is 8.11. The largest absolute Gasteiger partial charge is 0.481 e. The number of aliphatic carboxylic acids is 1. The zero-order valence-electron chi connectivity index (χ0n) is 10.1. The Morgan fingerprint density at radius 2 is 2.18 bits per heavy atom. The van der Waals surface area contributed by atoms with E-state index in [-0.39, 0.29) is 12.5 Å². The van der Waals surface area contributed by atoms with E-state index in [2.05, 4.69) is 0 Å². The van der Waals surface area contributed by atoms with Crippen molar-refractivity contribution in [1.29, 1.82) is 0 Å². The first-order chi connectivity index (χ1) is 8.11. The second-order valence-corrected chi connectivity index (χ2v) is 4.15. The Morgan fingerprint density at radius 3 is 2.82 bits per heavy atom. The molecule has 0 saturated heterocycles. The standard InChI is InChI=1S/C13H19NO3/c1-17-9-11-4-2-3-10(7-11)8-12(14)5-6-13(15)16/h2-4,7,12H,5-6,8-9,14H2,1H3,(H,15,16). The number of rotatable bonds is 7. The first kappa shape index (κ1) is 13.7. The van der Waals surface area contributed by atoms with E-state index in [0.29, 0.717) is 19.4 Å². The van der Waals surface area contributed by atoms with Gasteiger partial charge in [0.2, 0.25) is 0 Å². The third kappa shape index (κ3) is 5.47. The smallest absolute Gasteiger partial charge is 0.303 e. The van der Waals surface area contributed by atoms with Crippen LogP contribution >= 0.6 is 0 Å². The first-order valence-corrected chi connectivity index (χ1v) is 5.66. The van der Waals surface area contributed by atoms with Gasteiger partial charge in [-0.3, -0.25) is 4.79 Å². The summed E-state index contributed by atoms with van der Waals surface area (Å²) in [6.45, 7) is 0.582. The molecule has 1 aromatic rings. The molecule has 0 radical (unpaired) electrons. The Labute approximate surface area is 101 Å². The van der Waals surface area contributed by atoms with Crippen LogP contribution in [0.25, 0.3) is 0 Å². The lowest BCUT2D eigenvalue weighted by Gasteiger charge is -2.11. The molecule has 1 atom stereocenters. The summed E-state index contributed by atoms with van der Waals surface area (Å²) in [6.07, 6.45) is 1.33. The van der Waals surface area contributed by atoms with Gasteiger partial charge in [0.1, 0.15) is 0 Å². The molecule has 0 saturated carbocycles. The normalized spacial score (nSPS) is 12.4. The molecule has 0 aromatic heterocycles. The maximum atomic E-state index is 10.4. The highest BCUT2D eigenvalue weighted by Crippen LogP contribution is 2.10. The number of nitrogens with two attached hydrogens (primary N) is 1. The van der Waals surface area contributed by atoms with Crippen molar-refractivity contribution in [2.24, 2.45) is 5.73 Å². The van der Waals surface area contributed by atoms with Gasteiger partial charge < -0.3 is 15.6 Å². The summed E-state index contributed by atoms with van der Waals surface area (Å²) in [4.78, 5) is 10.4. The van der Waals surface area contributed by atoms with Crippen molar-refractivity contribution in [2.75, 3.05) is 7.11 Å². The van der Waals surface area contributed by atoms with Crippen LogP contribution in [0.4, 0.5) is 0 Å². The zero-order valence-corrected chi connectivity index (χ0v) is 10.1. The molecule has 1 rings (SSSR count). The number of benzene rings is 1. The third-order valence-electron chi connectivity index (χ3n) is 2.53. The van der Waals surface area contributed by atoms with Crippen LogP contribution < -0.4 is 5.73 Å².